The minimum absolute atomic E-state index is 0.00218. The monoisotopic (exact) mass is 352 g/mol. The summed E-state index contributed by atoms with van der Waals surface area (Å²) in [4.78, 5) is 22.0. The zero-order chi connectivity index (χ0) is 17.6. The maximum absolute atomic E-state index is 11.9. The number of nitrogens with zero attached hydrogens (tertiary/aromatic N) is 1. The largest absolute Gasteiger partial charge is 0.352 e. The standard InChI is InChI=1S/C18H28N2O3S/c1-2-3-4-5-6-7-14-24-15-8-13-19-18(21)16-9-11-17(12-10-16)20(22)23/h9-12H,2-8,13-15H2,1H3,(H,19,21). The molecule has 1 aromatic rings. The molecule has 0 aliphatic heterocycles. The Morgan fingerprint density at radius 3 is 2.33 bits per heavy atom. The van der Waals surface area contributed by atoms with Crippen LogP contribution >= 0.6 is 11.8 Å². The Balaban J connectivity index is 2.02. The number of hydrogen-bond donors (Lipinski definition) is 1. The predicted octanol–water partition coefficient (Wildman–Crippen LogP) is 4.81. The first-order valence-electron chi connectivity index (χ1n) is 8.75. The van der Waals surface area contributed by atoms with E-state index in [2.05, 4.69) is 12.2 Å². The predicted molar refractivity (Wildman–Crippen MR) is 101 cm³/mol. The number of unbranched alkanes of at least 4 members (excludes halogenated alkanes) is 5. The summed E-state index contributed by atoms with van der Waals surface area (Å²) in [5.41, 5.74) is 0.456. The van der Waals surface area contributed by atoms with Crippen molar-refractivity contribution in [1.29, 1.82) is 0 Å². The molecule has 0 bridgehead atoms. The van der Waals surface area contributed by atoms with Crippen LogP contribution < -0.4 is 5.32 Å². The van der Waals surface area contributed by atoms with Crippen molar-refractivity contribution in [3.63, 3.8) is 0 Å². The molecule has 0 saturated heterocycles. The van der Waals surface area contributed by atoms with Gasteiger partial charge in [0.05, 0.1) is 4.92 Å². The molecule has 0 aromatic heterocycles. The molecule has 0 radical (unpaired) electrons. The van der Waals surface area contributed by atoms with Crippen LogP contribution in [0.25, 0.3) is 0 Å². The molecule has 0 heterocycles. The van der Waals surface area contributed by atoms with E-state index in [0.29, 0.717) is 12.1 Å². The number of amides is 1. The fourth-order valence-corrected chi connectivity index (χ4v) is 3.26. The highest BCUT2D eigenvalue weighted by Gasteiger charge is 2.08. The van der Waals surface area contributed by atoms with E-state index in [4.69, 9.17) is 0 Å². The third-order valence-corrected chi connectivity index (χ3v) is 4.89. The molecule has 0 saturated carbocycles. The Bertz CT molecular complexity index is 492. The highest BCUT2D eigenvalue weighted by molar-refractivity contribution is 7.99. The average Bonchev–Trinajstić information content (AvgIpc) is 2.59. The minimum atomic E-state index is -0.470. The topological polar surface area (TPSA) is 72.2 Å². The van der Waals surface area contributed by atoms with Crippen LogP contribution in [0.4, 0.5) is 5.69 Å². The first kappa shape index (κ1) is 20.5. The second-order valence-corrected chi connectivity index (χ2v) is 7.02. The zero-order valence-electron chi connectivity index (χ0n) is 14.5. The van der Waals surface area contributed by atoms with Crippen LogP contribution in [-0.4, -0.2) is 28.9 Å². The lowest BCUT2D eigenvalue weighted by Crippen LogP contribution is -2.24. The SMILES string of the molecule is CCCCCCCCSCCCNC(=O)c1ccc([N+](=O)[O-])cc1. The number of nitrogens with one attached hydrogen (secondary N) is 1. The molecule has 0 atom stereocenters. The van der Waals surface area contributed by atoms with E-state index in [-0.39, 0.29) is 11.6 Å². The summed E-state index contributed by atoms with van der Waals surface area (Å²) >= 11 is 1.94. The van der Waals surface area contributed by atoms with Crippen LogP contribution in [0.5, 0.6) is 0 Å². The summed E-state index contributed by atoms with van der Waals surface area (Å²) in [6, 6.07) is 5.68. The second-order valence-electron chi connectivity index (χ2n) is 5.79. The fourth-order valence-electron chi connectivity index (χ4n) is 2.30. The lowest BCUT2D eigenvalue weighted by Gasteiger charge is -2.05. The number of hydrogen-bond acceptors (Lipinski definition) is 4. The molecule has 0 aliphatic rings. The van der Waals surface area contributed by atoms with Gasteiger partial charge in [0.25, 0.3) is 11.6 Å². The summed E-state index contributed by atoms with van der Waals surface area (Å²) in [6.07, 6.45) is 8.89. The molecular formula is C18H28N2O3S. The summed E-state index contributed by atoms with van der Waals surface area (Å²) < 4.78 is 0. The zero-order valence-corrected chi connectivity index (χ0v) is 15.3. The van der Waals surface area contributed by atoms with Gasteiger partial charge in [-0.15, -0.1) is 0 Å². The molecule has 134 valence electrons. The van der Waals surface area contributed by atoms with Gasteiger partial charge in [-0.1, -0.05) is 39.0 Å². The van der Waals surface area contributed by atoms with E-state index in [9.17, 15) is 14.9 Å². The smallest absolute Gasteiger partial charge is 0.269 e. The van der Waals surface area contributed by atoms with Crippen molar-refractivity contribution >= 4 is 23.4 Å². The number of carbonyl (C=O) groups is 1. The Morgan fingerprint density at radius 1 is 1.04 bits per heavy atom. The Morgan fingerprint density at radius 2 is 1.67 bits per heavy atom. The van der Waals surface area contributed by atoms with Crippen LogP contribution in [0.15, 0.2) is 24.3 Å². The number of benzene rings is 1. The van der Waals surface area contributed by atoms with Crippen LogP contribution in [0.3, 0.4) is 0 Å². The quantitative estimate of drug-likeness (QED) is 0.314. The van der Waals surface area contributed by atoms with Gasteiger partial charge in [-0.3, -0.25) is 14.9 Å². The molecular weight excluding hydrogens is 324 g/mol. The van der Waals surface area contributed by atoms with E-state index >= 15 is 0 Å². The van der Waals surface area contributed by atoms with Crippen LogP contribution in [-0.2, 0) is 0 Å². The highest BCUT2D eigenvalue weighted by Crippen LogP contribution is 2.12. The van der Waals surface area contributed by atoms with Gasteiger partial charge < -0.3 is 5.32 Å². The summed E-state index contributed by atoms with van der Waals surface area (Å²) in [5, 5.41) is 13.4. The average molecular weight is 353 g/mol. The summed E-state index contributed by atoms with van der Waals surface area (Å²) in [5.74, 6) is 2.07. The maximum Gasteiger partial charge on any atom is 0.269 e. The van der Waals surface area contributed by atoms with Crippen molar-refractivity contribution in [1.82, 2.24) is 5.32 Å². The van der Waals surface area contributed by atoms with Gasteiger partial charge in [0.1, 0.15) is 0 Å². The molecule has 6 heteroatoms. The van der Waals surface area contributed by atoms with Crippen LogP contribution in [0.1, 0.15) is 62.2 Å². The minimum Gasteiger partial charge on any atom is -0.352 e. The van der Waals surface area contributed by atoms with E-state index in [1.54, 1.807) is 0 Å². The van der Waals surface area contributed by atoms with Crippen molar-refractivity contribution < 1.29 is 9.72 Å². The molecule has 0 spiro atoms. The molecule has 1 amide bonds. The molecule has 0 fully saturated rings. The van der Waals surface area contributed by atoms with Gasteiger partial charge >= 0.3 is 0 Å². The van der Waals surface area contributed by atoms with E-state index in [1.165, 1.54) is 68.5 Å². The van der Waals surface area contributed by atoms with Crippen LogP contribution in [0.2, 0.25) is 0 Å². The summed E-state index contributed by atoms with van der Waals surface area (Å²) in [7, 11) is 0. The van der Waals surface area contributed by atoms with E-state index in [1.807, 2.05) is 11.8 Å². The van der Waals surface area contributed by atoms with Crippen molar-refractivity contribution in [3.05, 3.63) is 39.9 Å². The lowest BCUT2D eigenvalue weighted by atomic mass is 10.1. The van der Waals surface area contributed by atoms with Gasteiger partial charge in [-0.2, -0.15) is 11.8 Å². The molecule has 24 heavy (non-hydrogen) atoms. The fraction of sp³-hybridized carbons (Fsp3) is 0.611. The molecule has 1 N–H and O–H groups in total. The molecule has 5 nitrogen and oxygen atoms in total. The Hall–Kier alpha value is -1.56. The normalized spacial score (nSPS) is 10.5. The van der Waals surface area contributed by atoms with Crippen molar-refractivity contribution in [2.45, 2.75) is 51.9 Å². The Labute approximate surface area is 148 Å². The molecule has 1 aromatic carbocycles. The van der Waals surface area contributed by atoms with Gasteiger partial charge in [0.15, 0.2) is 0 Å². The summed E-state index contributed by atoms with van der Waals surface area (Å²) in [6.45, 7) is 2.87. The van der Waals surface area contributed by atoms with E-state index in [0.717, 1.165) is 12.2 Å². The highest BCUT2D eigenvalue weighted by atomic mass is 32.2. The lowest BCUT2D eigenvalue weighted by molar-refractivity contribution is -0.384. The Kier molecular flexibility index (Phi) is 10.9. The third-order valence-electron chi connectivity index (χ3n) is 3.73. The van der Waals surface area contributed by atoms with Crippen molar-refractivity contribution in [3.8, 4) is 0 Å². The number of nitro groups is 1. The van der Waals surface area contributed by atoms with E-state index < -0.39 is 4.92 Å². The first-order valence-corrected chi connectivity index (χ1v) is 9.91. The van der Waals surface area contributed by atoms with Gasteiger partial charge in [-0.25, -0.2) is 0 Å². The number of carbonyl (C=O) groups excluding carboxylic acids is 1. The van der Waals surface area contributed by atoms with Gasteiger partial charge in [0, 0.05) is 24.2 Å². The molecule has 0 aliphatic carbocycles. The van der Waals surface area contributed by atoms with Crippen LogP contribution in [0, 0.1) is 10.1 Å². The molecule has 0 unspecified atom stereocenters. The number of nitro benzene ring substituents is 1. The van der Waals surface area contributed by atoms with Crippen molar-refractivity contribution in [2.75, 3.05) is 18.1 Å². The number of non-ortho nitro benzene ring substituents is 1. The first-order chi connectivity index (χ1) is 11.6. The van der Waals surface area contributed by atoms with Crippen molar-refractivity contribution in [2.24, 2.45) is 0 Å². The molecule has 1 rings (SSSR count). The second kappa shape index (κ2) is 12.8. The third kappa shape index (κ3) is 8.91. The number of rotatable bonds is 13. The van der Waals surface area contributed by atoms with Gasteiger partial charge in [0.2, 0.25) is 0 Å². The number of thioether (sulfide) groups is 1. The van der Waals surface area contributed by atoms with Gasteiger partial charge in [-0.05, 0) is 36.5 Å². The maximum atomic E-state index is 11.9.